The Morgan fingerprint density at radius 3 is 2.86 bits per heavy atom. The number of nitrogens with one attached hydrogen (secondary N) is 1. The molecule has 0 bridgehead atoms. The maximum atomic E-state index is 13.3. The number of ether oxygens (including phenoxy) is 3. The Hall–Kier alpha value is -4.84. The van der Waals surface area contributed by atoms with Crippen molar-refractivity contribution < 1.29 is 23.8 Å². The van der Waals surface area contributed by atoms with E-state index in [1.54, 1.807) is 52.6 Å². The van der Waals surface area contributed by atoms with Crippen LogP contribution < -0.4 is 15.0 Å². The van der Waals surface area contributed by atoms with E-state index in [1.807, 2.05) is 35.3 Å². The van der Waals surface area contributed by atoms with E-state index in [0.717, 1.165) is 5.57 Å². The van der Waals surface area contributed by atoms with E-state index in [4.69, 9.17) is 25.8 Å². The molecule has 6 rings (SSSR count). The van der Waals surface area contributed by atoms with E-state index in [0.29, 0.717) is 55.3 Å². The van der Waals surface area contributed by atoms with Gasteiger partial charge < -0.3 is 29.3 Å². The summed E-state index contributed by atoms with van der Waals surface area (Å²) in [5.74, 6) is 2.48. The van der Waals surface area contributed by atoms with Crippen LogP contribution in [0, 0.1) is 0 Å². The summed E-state index contributed by atoms with van der Waals surface area (Å²) in [5.41, 5.74) is 0.773. The van der Waals surface area contributed by atoms with Gasteiger partial charge in [-0.3, -0.25) is 14.2 Å². The van der Waals surface area contributed by atoms with Gasteiger partial charge in [0, 0.05) is 56.6 Å². The molecule has 1 fully saturated rings. The Labute approximate surface area is 246 Å². The van der Waals surface area contributed by atoms with Crippen molar-refractivity contribution in [1.29, 1.82) is 0 Å². The number of para-hydroxylation sites is 1. The van der Waals surface area contributed by atoms with Crippen LogP contribution >= 0.6 is 11.6 Å². The molecule has 0 radical (unpaired) electrons. The normalized spacial score (nSPS) is 17.7. The number of imidazole rings is 1. The molecule has 5 heterocycles. The molecule has 0 spiro atoms. The first-order valence-corrected chi connectivity index (χ1v) is 13.8. The molecule has 12 nitrogen and oxygen atoms in total. The topological polar surface area (TPSA) is 124 Å². The minimum Gasteiger partial charge on any atom is -0.485 e. The fourth-order valence-corrected chi connectivity index (χ4v) is 5.05. The number of anilines is 1. The highest BCUT2D eigenvalue weighted by atomic mass is 35.5. The van der Waals surface area contributed by atoms with Crippen molar-refractivity contribution in [2.24, 2.45) is 0 Å². The largest absolute Gasteiger partial charge is 0.485 e. The fourth-order valence-electron chi connectivity index (χ4n) is 4.88. The van der Waals surface area contributed by atoms with Gasteiger partial charge in [-0.25, -0.2) is 9.97 Å². The molecule has 2 aromatic heterocycles. The molecular weight excluding hydrogens is 562 g/mol. The van der Waals surface area contributed by atoms with E-state index in [1.165, 1.54) is 0 Å². The third-order valence-corrected chi connectivity index (χ3v) is 7.15. The molecule has 1 atom stereocenters. The quantitative estimate of drug-likeness (QED) is 0.375. The molecule has 3 aliphatic heterocycles. The first-order chi connectivity index (χ1) is 20.5. The van der Waals surface area contributed by atoms with Crippen LogP contribution in [0.4, 0.5) is 5.82 Å². The van der Waals surface area contributed by atoms with E-state index >= 15 is 0 Å². The Bertz CT molecular complexity index is 1540. The van der Waals surface area contributed by atoms with Gasteiger partial charge >= 0.3 is 0 Å². The average molecular weight is 590 g/mol. The zero-order valence-electron chi connectivity index (χ0n) is 22.6. The number of piperazine rings is 1. The lowest BCUT2D eigenvalue weighted by Crippen LogP contribution is -2.57. The first-order valence-electron chi connectivity index (χ1n) is 13.4. The predicted octanol–water partition coefficient (Wildman–Crippen LogP) is 2.63. The summed E-state index contributed by atoms with van der Waals surface area (Å²) in [6.07, 6.45) is 10.3. The number of nitrogens with zero attached hydrogens (tertiary/aromatic N) is 6. The summed E-state index contributed by atoms with van der Waals surface area (Å²) in [4.78, 5) is 43.2. The molecule has 1 aromatic carbocycles. The van der Waals surface area contributed by atoms with Gasteiger partial charge in [0.15, 0.2) is 18.1 Å². The molecule has 42 heavy (non-hydrogen) atoms. The van der Waals surface area contributed by atoms with Crippen LogP contribution in [0.25, 0.3) is 5.95 Å². The van der Waals surface area contributed by atoms with Gasteiger partial charge in [-0.05, 0) is 24.3 Å². The second-order valence-corrected chi connectivity index (χ2v) is 10.2. The highest BCUT2D eigenvalue weighted by molar-refractivity contribution is 6.29. The lowest BCUT2D eigenvalue weighted by molar-refractivity contribution is -0.137. The number of aromatic nitrogens is 4. The van der Waals surface area contributed by atoms with Gasteiger partial charge in [0.1, 0.15) is 29.7 Å². The summed E-state index contributed by atoms with van der Waals surface area (Å²) < 4.78 is 18.5. The summed E-state index contributed by atoms with van der Waals surface area (Å²) in [6.45, 7) is 1.80. The number of carbonyl (C=O) groups is 2. The Kier molecular flexibility index (Phi) is 8.04. The first kappa shape index (κ1) is 27.3. The third-order valence-electron chi connectivity index (χ3n) is 6.95. The van der Waals surface area contributed by atoms with Gasteiger partial charge in [0.05, 0.1) is 12.3 Å². The second-order valence-electron chi connectivity index (χ2n) is 9.79. The van der Waals surface area contributed by atoms with E-state index in [2.05, 4.69) is 20.3 Å². The molecule has 216 valence electrons. The Balaban J connectivity index is 1.15. The smallest absolute Gasteiger partial charge is 0.260 e. The van der Waals surface area contributed by atoms with Crippen molar-refractivity contribution in [3.63, 3.8) is 0 Å². The lowest BCUT2D eigenvalue weighted by Gasteiger charge is -2.41. The number of halogens is 1. The summed E-state index contributed by atoms with van der Waals surface area (Å²) in [6, 6.07) is 10.4. The Morgan fingerprint density at radius 1 is 1.14 bits per heavy atom. The SMILES string of the molecule is O=C(CC1CN(c2cc(Cl)nc(-n3ccnc3)n2)CCN1C(=O)COc1ccccc1)NCC1=COC2=CCOC2=C1. The highest BCUT2D eigenvalue weighted by Gasteiger charge is 2.33. The lowest BCUT2D eigenvalue weighted by atomic mass is 10.1. The summed E-state index contributed by atoms with van der Waals surface area (Å²) >= 11 is 6.34. The minimum absolute atomic E-state index is 0.0765. The number of carbonyl (C=O) groups excluding carboxylic acids is 2. The molecular formula is C29H28ClN7O5. The second kappa shape index (κ2) is 12.4. The van der Waals surface area contributed by atoms with E-state index in [9.17, 15) is 9.59 Å². The number of benzene rings is 1. The fraction of sp³-hybridized carbons (Fsp3) is 0.276. The zero-order valence-corrected chi connectivity index (χ0v) is 23.3. The molecule has 3 aromatic rings. The number of rotatable bonds is 9. The van der Waals surface area contributed by atoms with Crippen LogP contribution in [-0.4, -0.2) is 81.7 Å². The van der Waals surface area contributed by atoms with Crippen molar-refractivity contribution in [2.45, 2.75) is 12.5 Å². The van der Waals surface area contributed by atoms with Gasteiger partial charge in [-0.1, -0.05) is 29.8 Å². The molecule has 2 amide bonds. The van der Waals surface area contributed by atoms with Crippen molar-refractivity contribution in [3.8, 4) is 11.7 Å². The van der Waals surface area contributed by atoms with E-state index in [-0.39, 0.29) is 36.5 Å². The van der Waals surface area contributed by atoms with Gasteiger partial charge in [-0.2, -0.15) is 4.98 Å². The molecule has 0 aliphatic carbocycles. The van der Waals surface area contributed by atoms with Crippen molar-refractivity contribution >= 4 is 29.2 Å². The maximum Gasteiger partial charge on any atom is 0.260 e. The van der Waals surface area contributed by atoms with Crippen LogP contribution in [0.1, 0.15) is 6.42 Å². The zero-order chi connectivity index (χ0) is 28.9. The molecule has 0 saturated carbocycles. The molecule has 1 N–H and O–H groups in total. The van der Waals surface area contributed by atoms with Gasteiger partial charge in [0.2, 0.25) is 11.9 Å². The van der Waals surface area contributed by atoms with Crippen LogP contribution in [0.2, 0.25) is 5.15 Å². The predicted molar refractivity (Wildman–Crippen MR) is 153 cm³/mol. The van der Waals surface area contributed by atoms with Crippen LogP contribution in [0.15, 0.2) is 90.6 Å². The third kappa shape index (κ3) is 6.39. The van der Waals surface area contributed by atoms with Gasteiger partial charge in [-0.15, -0.1) is 0 Å². The minimum atomic E-state index is -0.446. The van der Waals surface area contributed by atoms with E-state index < -0.39 is 6.04 Å². The molecule has 1 unspecified atom stereocenters. The van der Waals surface area contributed by atoms with Crippen molar-refractivity contribution in [3.05, 3.63) is 95.8 Å². The summed E-state index contributed by atoms with van der Waals surface area (Å²) in [5, 5.41) is 3.21. The average Bonchev–Trinajstić information content (AvgIpc) is 3.72. The number of hydrogen-bond acceptors (Lipinski definition) is 9. The van der Waals surface area contributed by atoms with Gasteiger partial charge in [0.25, 0.3) is 5.91 Å². The van der Waals surface area contributed by atoms with Crippen LogP contribution in [0.5, 0.6) is 5.75 Å². The standard InChI is InChI=1S/C29H28ClN7O5/c30-25-14-26(34-29(33-25)36-8-7-31-19-36)35-9-10-37(28(39)18-41-22-4-2-1-3-5-22)21(16-35)13-27(38)32-15-20-12-24-23(42-17-20)6-11-40-24/h1-8,12,14,17,19,21H,9-11,13,15-16,18H2,(H,32,38). The number of amides is 2. The molecule has 13 heteroatoms. The monoisotopic (exact) mass is 589 g/mol. The van der Waals surface area contributed by atoms with Crippen molar-refractivity contribution in [2.75, 3.05) is 44.3 Å². The maximum absolute atomic E-state index is 13.3. The number of fused-ring (bicyclic) bond motifs is 1. The molecule has 1 saturated heterocycles. The highest BCUT2D eigenvalue weighted by Crippen LogP contribution is 2.26. The van der Waals surface area contributed by atoms with Crippen LogP contribution in [0.3, 0.4) is 0 Å². The van der Waals surface area contributed by atoms with Crippen LogP contribution in [-0.2, 0) is 19.1 Å². The summed E-state index contributed by atoms with van der Waals surface area (Å²) in [7, 11) is 0. The molecule has 3 aliphatic rings. The number of hydrogen-bond donors (Lipinski definition) is 1. The van der Waals surface area contributed by atoms with Crippen molar-refractivity contribution in [1.82, 2.24) is 29.7 Å². The Morgan fingerprint density at radius 2 is 2.02 bits per heavy atom.